The highest BCUT2D eigenvalue weighted by Crippen LogP contribution is 2.04. The summed E-state index contributed by atoms with van der Waals surface area (Å²) in [5, 5.41) is 0. The summed E-state index contributed by atoms with van der Waals surface area (Å²) in [6.07, 6.45) is 5.67. The lowest BCUT2D eigenvalue weighted by Crippen LogP contribution is -2.12. The molecule has 0 bridgehead atoms. The molecule has 4 nitrogen and oxygen atoms in total. The molecule has 1 aromatic heterocycles. The third-order valence-corrected chi connectivity index (χ3v) is 1.61. The largest absolute Gasteiger partial charge is 0.383 e. The summed E-state index contributed by atoms with van der Waals surface area (Å²) in [4.78, 5) is 12.3. The molecular weight excluding hydrogens is 176 g/mol. The quantitative estimate of drug-likeness (QED) is 0.717. The number of aromatic nitrogens is 2. The van der Waals surface area contributed by atoms with Crippen LogP contribution in [-0.4, -0.2) is 43.1 Å². The fourth-order valence-corrected chi connectivity index (χ4v) is 0.896. The van der Waals surface area contributed by atoms with Gasteiger partial charge in [-0.1, -0.05) is 0 Å². The Hall–Kier alpha value is -1.58. The molecule has 0 saturated carbocycles. The molecule has 0 aliphatic carbocycles. The van der Waals surface area contributed by atoms with Crippen molar-refractivity contribution in [2.75, 3.05) is 33.1 Å². The molecular formula is C10H16N4. The van der Waals surface area contributed by atoms with E-state index < -0.39 is 0 Å². The van der Waals surface area contributed by atoms with Crippen LogP contribution in [0.25, 0.3) is 6.08 Å². The first-order valence-electron chi connectivity index (χ1n) is 4.44. The van der Waals surface area contributed by atoms with Crippen molar-refractivity contribution in [3.05, 3.63) is 24.2 Å². The van der Waals surface area contributed by atoms with E-state index in [9.17, 15) is 0 Å². The maximum absolute atomic E-state index is 4.35. The topological polar surface area (TPSA) is 32.3 Å². The second-order valence-corrected chi connectivity index (χ2v) is 3.46. The predicted octanol–water partition coefficient (Wildman–Crippen LogP) is 1.07. The van der Waals surface area contributed by atoms with Gasteiger partial charge in [0.2, 0.25) is 5.95 Å². The predicted molar refractivity (Wildman–Crippen MR) is 59.1 cm³/mol. The van der Waals surface area contributed by atoms with Crippen LogP contribution >= 0.6 is 0 Å². The summed E-state index contributed by atoms with van der Waals surface area (Å²) in [7, 11) is 7.80. The molecule has 1 rings (SSSR count). The van der Waals surface area contributed by atoms with Crippen molar-refractivity contribution >= 4 is 12.0 Å². The molecule has 0 spiro atoms. The monoisotopic (exact) mass is 192 g/mol. The van der Waals surface area contributed by atoms with Crippen LogP contribution in [0.2, 0.25) is 0 Å². The van der Waals surface area contributed by atoms with E-state index in [-0.39, 0.29) is 0 Å². The highest BCUT2D eigenvalue weighted by Gasteiger charge is 1.97. The summed E-state index contributed by atoms with van der Waals surface area (Å²) in [6, 6.07) is 1.88. The molecule has 1 aromatic rings. The zero-order chi connectivity index (χ0) is 10.6. The van der Waals surface area contributed by atoms with Gasteiger partial charge in [-0.25, -0.2) is 9.97 Å². The minimum Gasteiger partial charge on any atom is -0.383 e. The first-order chi connectivity index (χ1) is 6.59. The van der Waals surface area contributed by atoms with Gasteiger partial charge in [0.15, 0.2) is 0 Å². The van der Waals surface area contributed by atoms with E-state index in [4.69, 9.17) is 0 Å². The van der Waals surface area contributed by atoms with E-state index >= 15 is 0 Å². The van der Waals surface area contributed by atoms with Crippen LogP contribution in [-0.2, 0) is 0 Å². The number of hydrogen-bond acceptors (Lipinski definition) is 4. The van der Waals surface area contributed by atoms with Crippen LogP contribution in [0.1, 0.15) is 5.69 Å². The molecule has 0 amide bonds. The molecule has 76 valence electrons. The fourth-order valence-electron chi connectivity index (χ4n) is 0.896. The molecule has 0 N–H and O–H groups in total. The Balaban J connectivity index is 2.83. The molecule has 0 radical (unpaired) electrons. The summed E-state index contributed by atoms with van der Waals surface area (Å²) in [5.74, 6) is 0.728. The van der Waals surface area contributed by atoms with E-state index in [0.29, 0.717) is 0 Å². The van der Waals surface area contributed by atoms with Gasteiger partial charge >= 0.3 is 0 Å². The lowest BCUT2D eigenvalue weighted by molar-refractivity contribution is 0.567. The van der Waals surface area contributed by atoms with Gasteiger partial charge in [0.1, 0.15) is 0 Å². The molecule has 0 saturated heterocycles. The SMILES string of the molecule is CN(C)C=Cc1ccnc(N(C)C)n1. The van der Waals surface area contributed by atoms with Crippen molar-refractivity contribution in [3.63, 3.8) is 0 Å². The lowest BCUT2D eigenvalue weighted by Gasteiger charge is -2.09. The van der Waals surface area contributed by atoms with Gasteiger partial charge in [0.05, 0.1) is 5.69 Å². The van der Waals surface area contributed by atoms with Gasteiger partial charge in [0, 0.05) is 40.6 Å². The smallest absolute Gasteiger partial charge is 0.225 e. The maximum atomic E-state index is 4.35. The van der Waals surface area contributed by atoms with Crippen LogP contribution in [0, 0.1) is 0 Å². The Morgan fingerprint density at radius 3 is 2.50 bits per heavy atom. The Bertz CT molecular complexity index is 318. The minimum atomic E-state index is 0.728. The normalized spacial score (nSPS) is 10.6. The summed E-state index contributed by atoms with van der Waals surface area (Å²) in [5.41, 5.74) is 0.914. The summed E-state index contributed by atoms with van der Waals surface area (Å²) < 4.78 is 0. The summed E-state index contributed by atoms with van der Waals surface area (Å²) >= 11 is 0. The molecule has 0 aromatic carbocycles. The van der Waals surface area contributed by atoms with Crippen molar-refractivity contribution in [2.24, 2.45) is 0 Å². The van der Waals surface area contributed by atoms with E-state index in [2.05, 4.69) is 9.97 Å². The number of rotatable bonds is 3. The van der Waals surface area contributed by atoms with E-state index in [1.807, 2.05) is 56.3 Å². The van der Waals surface area contributed by atoms with Crippen LogP contribution in [0.5, 0.6) is 0 Å². The van der Waals surface area contributed by atoms with Gasteiger partial charge in [-0.05, 0) is 12.1 Å². The van der Waals surface area contributed by atoms with Gasteiger partial charge in [0.25, 0.3) is 0 Å². The maximum Gasteiger partial charge on any atom is 0.225 e. The zero-order valence-corrected chi connectivity index (χ0v) is 9.10. The second kappa shape index (κ2) is 4.60. The van der Waals surface area contributed by atoms with E-state index in [1.165, 1.54) is 0 Å². The lowest BCUT2D eigenvalue weighted by atomic mass is 10.4. The molecule has 1 heterocycles. The third-order valence-electron chi connectivity index (χ3n) is 1.61. The van der Waals surface area contributed by atoms with Gasteiger partial charge in [-0.3, -0.25) is 0 Å². The molecule has 0 aliphatic heterocycles. The first-order valence-corrected chi connectivity index (χ1v) is 4.44. The van der Waals surface area contributed by atoms with Crippen molar-refractivity contribution in [1.29, 1.82) is 0 Å². The first kappa shape index (κ1) is 10.5. The number of anilines is 1. The summed E-state index contributed by atoms with van der Waals surface area (Å²) in [6.45, 7) is 0. The Labute approximate surface area is 84.9 Å². The zero-order valence-electron chi connectivity index (χ0n) is 9.10. The molecule has 4 heteroatoms. The van der Waals surface area contributed by atoms with E-state index in [0.717, 1.165) is 11.6 Å². The van der Waals surface area contributed by atoms with Gasteiger partial charge in [-0.2, -0.15) is 0 Å². The Morgan fingerprint density at radius 1 is 1.21 bits per heavy atom. The molecule has 14 heavy (non-hydrogen) atoms. The van der Waals surface area contributed by atoms with Crippen molar-refractivity contribution < 1.29 is 0 Å². The van der Waals surface area contributed by atoms with Crippen LogP contribution in [0.4, 0.5) is 5.95 Å². The van der Waals surface area contributed by atoms with Crippen LogP contribution in [0.15, 0.2) is 18.5 Å². The van der Waals surface area contributed by atoms with Crippen molar-refractivity contribution in [2.45, 2.75) is 0 Å². The Morgan fingerprint density at radius 2 is 1.93 bits per heavy atom. The Kier molecular flexibility index (Phi) is 3.45. The standard InChI is InChI=1S/C10H16N4/c1-13(2)8-6-9-5-7-11-10(12-9)14(3)4/h5-8H,1-4H3. The third kappa shape index (κ3) is 3.05. The van der Waals surface area contributed by atoms with Gasteiger partial charge < -0.3 is 9.80 Å². The van der Waals surface area contributed by atoms with E-state index in [1.54, 1.807) is 6.20 Å². The molecule has 0 unspecified atom stereocenters. The minimum absolute atomic E-state index is 0.728. The molecule has 0 atom stereocenters. The van der Waals surface area contributed by atoms with Crippen molar-refractivity contribution in [1.82, 2.24) is 14.9 Å². The van der Waals surface area contributed by atoms with Crippen molar-refractivity contribution in [3.8, 4) is 0 Å². The second-order valence-electron chi connectivity index (χ2n) is 3.46. The van der Waals surface area contributed by atoms with Crippen LogP contribution < -0.4 is 4.90 Å². The number of nitrogens with zero attached hydrogens (tertiary/aromatic N) is 4. The molecule has 0 fully saturated rings. The average Bonchev–Trinajstić information content (AvgIpc) is 2.15. The average molecular weight is 192 g/mol. The highest BCUT2D eigenvalue weighted by atomic mass is 15.2. The number of hydrogen-bond donors (Lipinski definition) is 0. The van der Waals surface area contributed by atoms with Gasteiger partial charge in [-0.15, -0.1) is 0 Å². The molecule has 0 aliphatic rings. The fraction of sp³-hybridized carbons (Fsp3) is 0.400. The van der Waals surface area contributed by atoms with Crippen LogP contribution in [0.3, 0.4) is 0 Å². The highest BCUT2D eigenvalue weighted by molar-refractivity contribution is 5.45.